The van der Waals surface area contributed by atoms with Gasteiger partial charge in [0.25, 0.3) is 10.2 Å². The number of halogens is 3. The van der Waals surface area contributed by atoms with Gasteiger partial charge in [0.2, 0.25) is 0 Å². The fraction of sp³-hybridized carbons (Fsp3) is 0.500. The summed E-state index contributed by atoms with van der Waals surface area (Å²) >= 11 is 0. The Morgan fingerprint density at radius 3 is 1.33 bits per heavy atom. The Bertz CT molecular complexity index is 236. The van der Waals surface area contributed by atoms with Gasteiger partial charge in [0.1, 0.15) is 0 Å². The second-order valence-electron chi connectivity index (χ2n) is 1.39. The molecule has 0 aromatic heterocycles. The highest BCUT2D eigenvalue weighted by atomic mass is 32.2. The SMILES string of the molecule is NS(N)(=O)=O.O=C(O)C(F)(F)F. The third-order valence-electron chi connectivity index (χ3n) is 0.243. The molecule has 5 N–H and O–H groups in total. The lowest BCUT2D eigenvalue weighted by Gasteiger charge is -1.93. The van der Waals surface area contributed by atoms with Gasteiger partial charge in [-0.25, -0.2) is 15.1 Å². The first kappa shape index (κ1) is 13.7. The van der Waals surface area contributed by atoms with Gasteiger partial charge in [-0.15, -0.1) is 0 Å². The molecule has 74 valence electrons. The van der Waals surface area contributed by atoms with E-state index in [4.69, 9.17) is 9.90 Å². The maximum atomic E-state index is 10.6. The van der Waals surface area contributed by atoms with E-state index in [0.29, 0.717) is 0 Å². The molecule has 0 bridgehead atoms. The van der Waals surface area contributed by atoms with E-state index < -0.39 is 22.4 Å². The molecule has 0 amide bonds. The monoisotopic (exact) mass is 210 g/mol. The minimum absolute atomic E-state index is 2.76. The van der Waals surface area contributed by atoms with Crippen LogP contribution in [0.15, 0.2) is 0 Å². The van der Waals surface area contributed by atoms with Crippen LogP contribution in [0.5, 0.6) is 0 Å². The van der Waals surface area contributed by atoms with Gasteiger partial charge in [0.05, 0.1) is 0 Å². The summed E-state index contributed by atoms with van der Waals surface area (Å²) in [5, 5.41) is 15.3. The Morgan fingerprint density at radius 2 is 1.33 bits per heavy atom. The van der Waals surface area contributed by atoms with Crippen molar-refractivity contribution >= 4 is 16.2 Å². The lowest BCUT2D eigenvalue weighted by molar-refractivity contribution is -0.192. The molecular weight excluding hydrogens is 205 g/mol. The molecule has 0 aromatic carbocycles. The molecular formula is C2H5F3N2O4S. The lowest BCUT2D eigenvalue weighted by Crippen LogP contribution is -2.21. The average Bonchev–Trinajstić information content (AvgIpc) is 1.55. The van der Waals surface area contributed by atoms with E-state index in [2.05, 4.69) is 10.3 Å². The highest BCUT2D eigenvalue weighted by molar-refractivity contribution is 7.86. The summed E-state index contributed by atoms with van der Waals surface area (Å²) in [5.74, 6) is -2.76. The number of carbonyl (C=O) groups is 1. The standard InChI is InChI=1S/C2HF3O2.H4N2O2S/c3-2(4,5)1(6)7;1-5(2,3)4/h(H,6,7);(H4,1,2,3,4). The molecule has 0 aliphatic heterocycles. The Balaban J connectivity index is 0. The third-order valence-corrected chi connectivity index (χ3v) is 0.243. The molecule has 0 aromatic rings. The van der Waals surface area contributed by atoms with Gasteiger partial charge in [-0.05, 0) is 0 Å². The van der Waals surface area contributed by atoms with Crippen molar-refractivity contribution in [3.63, 3.8) is 0 Å². The fourth-order valence-corrected chi connectivity index (χ4v) is 0. The zero-order valence-electron chi connectivity index (χ0n) is 5.37. The van der Waals surface area contributed by atoms with Gasteiger partial charge in [-0.1, -0.05) is 0 Å². The number of rotatable bonds is 0. The van der Waals surface area contributed by atoms with Crippen molar-refractivity contribution in [2.75, 3.05) is 0 Å². The summed E-state index contributed by atoms with van der Waals surface area (Å²) in [7, 11) is -3.67. The first-order chi connectivity index (χ1) is 4.94. The highest BCUT2D eigenvalue weighted by Crippen LogP contribution is 2.13. The Labute approximate surface area is 65.1 Å². The molecule has 0 aliphatic rings. The second kappa shape index (κ2) is 4.23. The van der Waals surface area contributed by atoms with Crippen LogP contribution in [-0.4, -0.2) is 25.7 Å². The predicted molar refractivity (Wildman–Crippen MR) is 31.0 cm³/mol. The number of hydrogen-bond acceptors (Lipinski definition) is 3. The van der Waals surface area contributed by atoms with Crippen LogP contribution in [0.1, 0.15) is 0 Å². The molecule has 0 aliphatic carbocycles. The van der Waals surface area contributed by atoms with E-state index in [0.717, 1.165) is 0 Å². The number of carboxylic acid groups (broad SMARTS) is 1. The number of carboxylic acids is 1. The molecule has 0 radical (unpaired) electrons. The maximum absolute atomic E-state index is 10.6. The zero-order valence-corrected chi connectivity index (χ0v) is 6.19. The molecule has 6 nitrogen and oxygen atoms in total. The molecule has 0 saturated heterocycles. The minimum Gasteiger partial charge on any atom is -0.475 e. The van der Waals surface area contributed by atoms with E-state index >= 15 is 0 Å². The highest BCUT2D eigenvalue weighted by Gasteiger charge is 2.38. The molecule has 10 heteroatoms. The van der Waals surface area contributed by atoms with Crippen LogP contribution in [0.4, 0.5) is 13.2 Å². The molecule has 0 spiro atoms. The molecule has 0 fully saturated rings. The number of alkyl halides is 3. The number of aliphatic carboxylic acids is 1. The van der Waals surface area contributed by atoms with Crippen LogP contribution in [-0.2, 0) is 15.0 Å². The summed E-state index contributed by atoms with van der Waals surface area (Å²) in [4.78, 5) is 8.90. The fourth-order valence-electron chi connectivity index (χ4n) is 0. The summed E-state index contributed by atoms with van der Waals surface area (Å²) in [6, 6.07) is 0. The summed E-state index contributed by atoms with van der Waals surface area (Å²) < 4.78 is 50.1. The van der Waals surface area contributed by atoms with Gasteiger partial charge < -0.3 is 5.11 Å². The van der Waals surface area contributed by atoms with E-state index in [-0.39, 0.29) is 0 Å². The Kier molecular flexibility index (Phi) is 4.83. The van der Waals surface area contributed by atoms with Crippen molar-refractivity contribution in [1.82, 2.24) is 0 Å². The quantitative estimate of drug-likeness (QED) is 0.463. The third kappa shape index (κ3) is 22.9. The van der Waals surface area contributed by atoms with Crippen LogP contribution in [0, 0.1) is 0 Å². The van der Waals surface area contributed by atoms with Crippen LogP contribution < -0.4 is 10.3 Å². The Hall–Kier alpha value is -0.870. The first-order valence-corrected chi connectivity index (χ1v) is 3.66. The largest absolute Gasteiger partial charge is 0.490 e. The molecule has 0 unspecified atom stereocenters. The van der Waals surface area contributed by atoms with Gasteiger partial charge in [-0.3, -0.25) is 0 Å². The van der Waals surface area contributed by atoms with Crippen LogP contribution >= 0.6 is 0 Å². The predicted octanol–water partition coefficient (Wildman–Crippen LogP) is -1.22. The van der Waals surface area contributed by atoms with Crippen LogP contribution in [0.3, 0.4) is 0 Å². The second-order valence-corrected chi connectivity index (χ2v) is 2.57. The number of hydrogen-bond donors (Lipinski definition) is 3. The first-order valence-electron chi connectivity index (χ1n) is 2.05. The summed E-state index contributed by atoms with van der Waals surface area (Å²) in [6.45, 7) is 0. The molecule has 0 heterocycles. The van der Waals surface area contributed by atoms with Gasteiger partial charge >= 0.3 is 12.1 Å². The van der Waals surface area contributed by atoms with Crippen LogP contribution in [0.2, 0.25) is 0 Å². The molecule has 0 saturated carbocycles. The maximum Gasteiger partial charge on any atom is 0.490 e. The van der Waals surface area contributed by atoms with Crippen molar-refractivity contribution < 1.29 is 31.5 Å². The van der Waals surface area contributed by atoms with Crippen molar-refractivity contribution in [3.05, 3.63) is 0 Å². The normalized spacial score (nSPS) is 11.4. The number of nitrogens with two attached hydrogens (primary N) is 2. The van der Waals surface area contributed by atoms with Crippen molar-refractivity contribution in [3.8, 4) is 0 Å². The molecule has 12 heavy (non-hydrogen) atoms. The van der Waals surface area contributed by atoms with E-state index in [1.54, 1.807) is 0 Å². The van der Waals surface area contributed by atoms with E-state index in [9.17, 15) is 21.6 Å². The summed E-state index contributed by atoms with van der Waals surface area (Å²) in [5.41, 5.74) is 0. The zero-order chi connectivity index (χ0) is 10.6. The van der Waals surface area contributed by atoms with Crippen molar-refractivity contribution in [1.29, 1.82) is 0 Å². The molecule has 0 rings (SSSR count). The smallest absolute Gasteiger partial charge is 0.475 e. The lowest BCUT2D eigenvalue weighted by atomic mass is 10.7. The molecule has 0 atom stereocenters. The van der Waals surface area contributed by atoms with Gasteiger partial charge in [0.15, 0.2) is 0 Å². The van der Waals surface area contributed by atoms with Crippen LogP contribution in [0.25, 0.3) is 0 Å². The van der Waals surface area contributed by atoms with Crippen molar-refractivity contribution in [2.45, 2.75) is 6.18 Å². The van der Waals surface area contributed by atoms with Crippen molar-refractivity contribution in [2.24, 2.45) is 10.3 Å². The average molecular weight is 210 g/mol. The van der Waals surface area contributed by atoms with Gasteiger partial charge in [-0.2, -0.15) is 21.6 Å². The minimum atomic E-state index is -5.08. The van der Waals surface area contributed by atoms with Gasteiger partial charge in [0, 0.05) is 0 Å². The summed E-state index contributed by atoms with van der Waals surface area (Å²) in [6.07, 6.45) is -5.08. The van der Waals surface area contributed by atoms with E-state index in [1.807, 2.05) is 0 Å². The van der Waals surface area contributed by atoms with E-state index in [1.165, 1.54) is 0 Å². The topological polar surface area (TPSA) is 123 Å². The Morgan fingerprint density at radius 1 is 1.25 bits per heavy atom.